The molecule has 1 N–H and O–H groups in total. The standard InChI is InChI=1S/C15H11ClF3N3OS/c16-11-6-10(15(17,18)19)7-22-13(11)20-21-14(22)24-8-12(23)9-4-2-1-3-5-9/h1-7,12,23H,8H2/t12-/m1/s1. The van der Waals surface area contributed by atoms with Crippen LogP contribution >= 0.6 is 23.4 Å². The van der Waals surface area contributed by atoms with Crippen molar-refractivity contribution in [3.63, 3.8) is 0 Å². The number of hydrogen-bond donors (Lipinski definition) is 1. The van der Waals surface area contributed by atoms with Crippen LogP contribution in [-0.2, 0) is 6.18 Å². The lowest BCUT2D eigenvalue weighted by Gasteiger charge is -2.11. The van der Waals surface area contributed by atoms with Crippen LogP contribution in [-0.4, -0.2) is 25.5 Å². The van der Waals surface area contributed by atoms with Gasteiger partial charge in [0.05, 0.1) is 16.7 Å². The summed E-state index contributed by atoms with van der Waals surface area (Å²) in [6.45, 7) is 0. The molecule has 0 unspecified atom stereocenters. The zero-order chi connectivity index (χ0) is 17.3. The van der Waals surface area contributed by atoms with Gasteiger partial charge in [0.15, 0.2) is 10.8 Å². The molecule has 0 aliphatic heterocycles. The number of fused-ring (bicyclic) bond motifs is 1. The lowest BCUT2D eigenvalue weighted by molar-refractivity contribution is -0.137. The first kappa shape index (κ1) is 17.1. The van der Waals surface area contributed by atoms with E-state index >= 15 is 0 Å². The normalized spacial score (nSPS) is 13.4. The minimum atomic E-state index is -4.52. The van der Waals surface area contributed by atoms with Gasteiger partial charge in [-0.1, -0.05) is 53.7 Å². The molecule has 0 bridgehead atoms. The maximum absolute atomic E-state index is 12.9. The van der Waals surface area contributed by atoms with Gasteiger partial charge in [-0.3, -0.25) is 4.40 Å². The lowest BCUT2D eigenvalue weighted by atomic mass is 10.1. The number of nitrogens with zero attached hydrogens (tertiary/aromatic N) is 3. The molecule has 1 aromatic carbocycles. The Labute approximate surface area is 144 Å². The highest BCUT2D eigenvalue weighted by Crippen LogP contribution is 2.33. The van der Waals surface area contributed by atoms with Crippen molar-refractivity contribution in [3.8, 4) is 0 Å². The number of thioether (sulfide) groups is 1. The first-order valence-corrected chi connectivity index (χ1v) is 8.20. The maximum Gasteiger partial charge on any atom is 0.417 e. The molecule has 0 amide bonds. The monoisotopic (exact) mass is 373 g/mol. The van der Waals surface area contributed by atoms with E-state index in [1.807, 2.05) is 6.07 Å². The molecule has 2 heterocycles. The van der Waals surface area contributed by atoms with Crippen LogP contribution < -0.4 is 0 Å². The van der Waals surface area contributed by atoms with Crippen molar-refractivity contribution in [1.29, 1.82) is 0 Å². The Hall–Kier alpha value is -1.77. The first-order valence-electron chi connectivity index (χ1n) is 6.83. The van der Waals surface area contributed by atoms with E-state index in [0.717, 1.165) is 24.0 Å². The van der Waals surface area contributed by atoms with Gasteiger partial charge >= 0.3 is 6.18 Å². The number of rotatable bonds is 4. The largest absolute Gasteiger partial charge is 0.417 e. The molecule has 0 saturated carbocycles. The highest BCUT2D eigenvalue weighted by molar-refractivity contribution is 7.99. The average Bonchev–Trinajstić information content (AvgIpc) is 2.96. The van der Waals surface area contributed by atoms with Crippen molar-refractivity contribution in [2.75, 3.05) is 5.75 Å². The van der Waals surface area contributed by atoms with Crippen LogP contribution in [0.15, 0.2) is 47.8 Å². The quantitative estimate of drug-likeness (QED) is 0.695. The molecular weight excluding hydrogens is 363 g/mol. The van der Waals surface area contributed by atoms with Crippen molar-refractivity contribution >= 4 is 29.0 Å². The zero-order valence-corrected chi connectivity index (χ0v) is 13.6. The first-order chi connectivity index (χ1) is 11.4. The summed E-state index contributed by atoms with van der Waals surface area (Å²) in [5, 5.41) is 17.9. The number of alkyl halides is 3. The zero-order valence-electron chi connectivity index (χ0n) is 12.0. The summed E-state index contributed by atoms with van der Waals surface area (Å²) >= 11 is 6.96. The molecular formula is C15H11ClF3N3OS. The molecule has 24 heavy (non-hydrogen) atoms. The van der Waals surface area contributed by atoms with Crippen LogP contribution in [0.25, 0.3) is 5.65 Å². The molecule has 4 nitrogen and oxygen atoms in total. The lowest BCUT2D eigenvalue weighted by Crippen LogP contribution is -2.07. The minimum absolute atomic E-state index is 0.132. The van der Waals surface area contributed by atoms with Gasteiger partial charge in [0, 0.05) is 11.9 Å². The Morgan fingerprint density at radius 3 is 2.58 bits per heavy atom. The molecule has 1 atom stereocenters. The van der Waals surface area contributed by atoms with Gasteiger partial charge in [0.25, 0.3) is 0 Å². The second-order valence-corrected chi connectivity index (χ2v) is 6.38. The predicted molar refractivity (Wildman–Crippen MR) is 85.1 cm³/mol. The van der Waals surface area contributed by atoms with Crippen LogP contribution in [0, 0.1) is 0 Å². The molecule has 0 aliphatic rings. The number of aromatic nitrogens is 3. The van der Waals surface area contributed by atoms with Crippen molar-refractivity contribution in [2.24, 2.45) is 0 Å². The van der Waals surface area contributed by atoms with Gasteiger partial charge in [0.1, 0.15) is 0 Å². The van der Waals surface area contributed by atoms with Gasteiger partial charge in [-0.15, -0.1) is 10.2 Å². The van der Waals surface area contributed by atoms with E-state index in [4.69, 9.17) is 11.6 Å². The van der Waals surface area contributed by atoms with Gasteiger partial charge in [0.2, 0.25) is 0 Å². The summed E-state index contributed by atoms with van der Waals surface area (Å²) in [5.74, 6) is 0.221. The SMILES string of the molecule is O[C@H](CSc1nnc2c(Cl)cc(C(F)(F)F)cn12)c1ccccc1. The molecule has 0 spiro atoms. The Morgan fingerprint density at radius 1 is 1.21 bits per heavy atom. The molecule has 3 aromatic rings. The van der Waals surface area contributed by atoms with Crippen LogP contribution in [0.5, 0.6) is 0 Å². The third-order valence-corrected chi connectivity index (χ3v) is 4.61. The molecule has 0 fully saturated rings. The van der Waals surface area contributed by atoms with E-state index in [-0.39, 0.29) is 21.6 Å². The molecule has 0 radical (unpaired) electrons. The molecule has 0 aliphatic carbocycles. The van der Waals surface area contributed by atoms with Crippen LogP contribution in [0.1, 0.15) is 17.2 Å². The Balaban J connectivity index is 1.86. The van der Waals surface area contributed by atoms with Gasteiger partial charge in [-0.2, -0.15) is 13.2 Å². The number of halogens is 4. The topological polar surface area (TPSA) is 50.4 Å². The second-order valence-electron chi connectivity index (χ2n) is 4.99. The molecule has 126 valence electrons. The van der Waals surface area contributed by atoms with E-state index in [1.165, 1.54) is 4.40 Å². The van der Waals surface area contributed by atoms with Gasteiger partial charge < -0.3 is 5.11 Å². The summed E-state index contributed by atoms with van der Waals surface area (Å²) in [4.78, 5) is 0. The third kappa shape index (κ3) is 3.50. The minimum Gasteiger partial charge on any atom is -0.388 e. The highest BCUT2D eigenvalue weighted by atomic mass is 35.5. The fourth-order valence-electron chi connectivity index (χ4n) is 2.11. The van der Waals surface area contributed by atoms with Crippen LogP contribution in [0.3, 0.4) is 0 Å². The van der Waals surface area contributed by atoms with E-state index in [1.54, 1.807) is 24.3 Å². The number of pyridine rings is 1. The van der Waals surface area contributed by atoms with Crippen LogP contribution in [0.4, 0.5) is 13.2 Å². The average molecular weight is 374 g/mol. The van der Waals surface area contributed by atoms with E-state index in [2.05, 4.69) is 10.2 Å². The number of benzene rings is 1. The number of hydrogen-bond acceptors (Lipinski definition) is 4. The second kappa shape index (κ2) is 6.62. The van der Waals surface area contributed by atoms with Crippen LogP contribution in [0.2, 0.25) is 5.02 Å². The Bertz CT molecular complexity index is 854. The fraction of sp³-hybridized carbons (Fsp3) is 0.200. The van der Waals surface area contributed by atoms with Crippen molar-refractivity contribution in [2.45, 2.75) is 17.4 Å². The molecule has 0 saturated heterocycles. The highest BCUT2D eigenvalue weighted by Gasteiger charge is 2.32. The number of aliphatic hydroxyl groups is 1. The van der Waals surface area contributed by atoms with Crippen molar-refractivity contribution in [1.82, 2.24) is 14.6 Å². The van der Waals surface area contributed by atoms with Gasteiger partial charge in [-0.05, 0) is 11.6 Å². The van der Waals surface area contributed by atoms with Crippen molar-refractivity contribution < 1.29 is 18.3 Å². The Kier molecular flexibility index (Phi) is 4.71. The van der Waals surface area contributed by atoms with E-state index < -0.39 is 17.8 Å². The van der Waals surface area contributed by atoms with E-state index in [0.29, 0.717) is 5.56 Å². The smallest absolute Gasteiger partial charge is 0.388 e. The number of aliphatic hydroxyl groups excluding tert-OH is 1. The molecule has 2 aromatic heterocycles. The molecule has 9 heteroatoms. The van der Waals surface area contributed by atoms with E-state index in [9.17, 15) is 18.3 Å². The summed E-state index contributed by atoms with van der Waals surface area (Å²) in [6, 6.07) is 9.78. The Morgan fingerprint density at radius 2 is 1.92 bits per heavy atom. The molecule has 3 rings (SSSR count). The summed E-state index contributed by atoms with van der Waals surface area (Å²) < 4.78 is 39.9. The maximum atomic E-state index is 12.9. The van der Waals surface area contributed by atoms with Gasteiger partial charge in [-0.25, -0.2) is 0 Å². The summed E-state index contributed by atoms with van der Waals surface area (Å²) in [6.07, 6.45) is -4.39. The summed E-state index contributed by atoms with van der Waals surface area (Å²) in [5.41, 5.74) is -0.0283. The summed E-state index contributed by atoms with van der Waals surface area (Å²) in [7, 11) is 0. The third-order valence-electron chi connectivity index (χ3n) is 3.31. The fourth-order valence-corrected chi connectivity index (χ4v) is 3.23. The predicted octanol–water partition coefficient (Wildman–Crippen LogP) is 4.23. The van der Waals surface area contributed by atoms with Crippen molar-refractivity contribution in [3.05, 3.63) is 58.7 Å².